The molecule has 1 saturated heterocycles. The number of carbonyl (C=O) groups excluding carboxylic acids is 4. The van der Waals surface area contributed by atoms with Gasteiger partial charge in [-0.3, -0.25) is 19.3 Å². The molecule has 0 bridgehead atoms. The van der Waals surface area contributed by atoms with E-state index in [0.717, 1.165) is 12.8 Å². The number of amides is 4. The number of benzene rings is 1. The third-order valence-electron chi connectivity index (χ3n) is 5.51. The van der Waals surface area contributed by atoms with Crippen LogP contribution in [0.5, 0.6) is 0 Å². The van der Waals surface area contributed by atoms with Crippen molar-refractivity contribution in [1.29, 1.82) is 0 Å². The third kappa shape index (κ3) is 5.17. The van der Waals surface area contributed by atoms with Crippen LogP contribution in [0.15, 0.2) is 24.3 Å². The fraction of sp³-hybridized carbons (Fsp3) is 0.545. The quantitative estimate of drug-likeness (QED) is 0.520. The molecule has 2 heterocycles. The van der Waals surface area contributed by atoms with E-state index in [1.54, 1.807) is 29.2 Å². The summed E-state index contributed by atoms with van der Waals surface area (Å²) in [7, 11) is 0. The maximum absolute atomic E-state index is 12.3. The van der Waals surface area contributed by atoms with Crippen molar-refractivity contribution >= 4 is 23.8 Å². The van der Waals surface area contributed by atoms with E-state index < -0.39 is 0 Å². The van der Waals surface area contributed by atoms with Crippen molar-refractivity contribution in [3.8, 4) is 0 Å². The molecule has 1 aromatic carbocycles. The number of piperidine rings is 1. The second kappa shape index (κ2) is 10.2. The molecule has 162 valence electrons. The fourth-order valence-corrected chi connectivity index (χ4v) is 3.74. The van der Waals surface area contributed by atoms with Crippen LogP contribution in [0, 0.1) is 0 Å². The highest BCUT2D eigenvalue weighted by molar-refractivity contribution is 6.21. The number of carbonyl (C=O) groups is 4. The van der Waals surface area contributed by atoms with Crippen molar-refractivity contribution < 1.29 is 23.9 Å². The lowest BCUT2D eigenvalue weighted by molar-refractivity contribution is -0.122. The number of rotatable bonds is 8. The maximum atomic E-state index is 12.3. The lowest BCUT2D eigenvalue weighted by Crippen LogP contribution is -2.46. The molecule has 3 rings (SSSR count). The first-order valence-electron chi connectivity index (χ1n) is 10.7. The molecular weight excluding hydrogens is 386 g/mol. The van der Waals surface area contributed by atoms with Crippen molar-refractivity contribution in [2.75, 3.05) is 26.2 Å². The molecule has 0 atom stereocenters. The van der Waals surface area contributed by atoms with Gasteiger partial charge in [0.25, 0.3) is 11.8 Å². The largest absolute Gasteiger partial charge is 0.449 e. The zero-order valence-electron chi connectivity index (χ0n) is 17.4. The molecule has 0 radical (unpaired) electrons. The molecule has 1 N–H and O–H groups in total. The van der Waals surface area contributed by atoms with Crippen molar-refractivity contribution in [2.24, 2.45) is 0 Å². The molecule has 30 heavy (non-hydrogen) atoms. The van der Waals surface area contributed by atoms with Gasteiger partial charge in [0, 0.05) is 32.1 Å². The number of hydrogen-bond donors (Lipinski definition) is 1. The molecule has 1 aromatic rings. The first kappa shape index (κ1) is 21.8. The number of unbranched alkanes of at least 4 members (excludes halogenated alkanes) is 1. The van der Waals surface area contributed by atoms with Gasteiger partial charge in [-0.05, 0) is 37.8 Å². The van der Waals surface area contributed by atoms with E-state index in [-0.39, 0.29) is 42.8 Å². The predicted molar refractivity (Wildman–Crippen MR) is 110 cm³/mol. The molecule has 0 unspecified atom stereocenters. The summed E-state index contributed by atoms with van der Waals surface area (Å²) in [5, 5.41) is 2.99. The molecule has 8 heteroatoms. The van der Waals surface area contributed by atoms with E-state index in [2.05, 4.69) is 5.32 Å². The minimum absolute atomic E-state index is 0.0245. The number of fused-ring (bicyclic) bond motifs is 1. The fourth-order valence-electron chi connectivity index (χ4n) is 3.74. The van der Waals surface area contributed by atoms with Crippen LogP contribution in [-0.4, -0.2) is 65.9 Å². The predicted octanol–water partition coefficient (Wildman–Crippen LogP) is 2.58. The van der Waals surface area contributed by atoms with Crippen LogP contribution in [0.2, 0.25) is 0 Å². The second-order valence-corrected chi connectivity index (χ2v) is 7.71. The lowest BCUT2D eigenvalue weighted by Gasteiger charge is -2.31. The minimum atomic E-state index is -0.297. The monoisotopic (exact) mass is 415 g/mol. The number of ether oxygens (including phenoxy) is 1. The first-order chi connectivity index (χ1) is 14.5. The van der Waals surface area contributed by atoms with Crippen molar-refractivity contribution in [1.82, 2.24) is 15.1 Å². The van der Waals surface area contributed by atoms with Crippen LogP contribution in [0.25, 0.3) is 0 Å². The summed E-state index contributed by atoms with van der Waals surface area (Å²) < 4.78 is 5.22. The number of nitrogens with one attached hydrogen (secondary N) is 1. The van der Waals surface area contributed by atoms with Gasteiger partial charge >= 0.3 is 6.09 Å². The van der Waals surface area contributed by atoms with Gasteiger partial charge in [-0.2, -0.15) is 0 Å². The Kier molecular flexibility index (Phi) is 7.43. The lowest BCUT2D eigenvalue weighted by atomic mass is 10.1. The molecule has 8 nitrogen and oxygen atoms in total. The van der Waals surface area contributed by atoms with Crippen LogP contribution < -0.4 is 5.32 Å². The Hall–Kier alpha value is -2.90. The van der Waals surface area contributed by atoms with E-state index in [1.165, 1.54) is 4.90 Å². The summed E-state index contributed by atoms with van der Waals surface area (Å²) in [6, 6.07) is 6.79. The molecular formula is C22H29N3O5. The Balaban J connectivity index is 1.35. The summed E-state index contributed by atoms with van der Waals surface area (Å²) in [5.41, 5.74) is 0.846. The van der Waals surface area contributed by atoms with Gasteiger partial charge in [0.2, 0.25) is 5.91 Å². The van der Waals surface area contributed by atoms with Gasteiger partial charge in [-0.15, -0.1) is 0 Å². The topological polar surface area (TPSA) is 96.0 Å². The molecule has 2 aliphatic heterocycles. The second-order valence-electron chi connectivity index (χ2n) is 7.71. The number of nitrogens with zero attached hydrogens (tertiary/aromatic N) is 2. The van der Waals surface area contributed by atoms with E-state index in [0.29, 0.717) is 50.1 Å². The van der Waals surface area contributed by atoms with Crippen molar-refractivity contribution in [2.45, 2.75) is 51.5 Å². The van der Waals surface area contributed by atoms with E-state index in [9.17, 15) is 19.2 Å². The highest BCUT2D eigenvalue weighted by Gasteiger charge is 2.34. The van der Waals surface area contributed by atoms with E-state index >= 15 is 0 Å². The molecule has 4 amide bonds. The SMILES string of the molecule is CCCCOC(=O)N1CCC(NC(=O)CCCN2C(=O)c3ccccc3C2=O)CC1. The van der Waals surface area contributed by atoms with Crippen molar-refractivity contribution in [3.63, 3.8) is 0 Å². The van der Waals surface area contributed by atoms with Crippen LogP contribution >= 0.6 is 0 Å². The van der Waals surface area contributed by atoms with Gasteiger partial charge in [-0.1, -0.05) is 25.5 Å². The van der Waals surface area contributed by atoms with E-state index in [1.807, 2.05) is 6.92 Å². The maximum Gasteiger partial charge on any atom is 0.409 e. The smallest absolute Gasteiger partial charge is 0.409 e. The molecule has 0 saturated carbocycles. The highest BCUT2D eigenvalue weighted by atomic mass is 16.6. The summed E-state index contributed by atoms with van der Waals surface area (Å²) >= 11 is 0. The first-order valence-corrected chi connectivity index (χ1v) is 10.7. The van der Waals surface area contributed by atoms with Gasteiger partial charge in [0.05, 0.1) is 17.7 Å². The summed E-state index contributed by atoms with van der Waals surface area (Å²) in [6.45, 7) is 3.83. The number of imide groups is 1. The van der Waals surface area contributed by atoms with Crippen molar-refractivity contribution in [3.05, 3.63) is 35.4 Å². The van der Waals surface area contributed by atoms with Crippen LogP contribution in [0.1, 0.15) is 66.2 Å². The molecule has 0 spiro atoms. The Morgan fingerprint density at radius 1 is 1.07 bits per heavy atom. The average molecular weight is 415 g/mol. The molecule has 0 aromatic heterocycles. The van der Waals surface area contributed by atoms with Gasteiger partial charge in [0.15, 0.2) is 0 Å². The van der Waals surface area contributed by atoms with Crippen LogP contribution in [0.3, 0.4) is 0 Å². The van der Waals surface area contributed by atoms with Crippen LogP contribution in [0.4, 0.5) is 4.79 Å². The minimum Gasteiger partial charge on any atom is -0.449 e. The molecule has 1 fully saturated rings. The summed E-state index contributed by atoms with van der Waals surface area (Å²) in [5.74, 6) is -0.695. The molecule has 2 aliphatic rings. The normalized spacial score (nSPS) is 16.6. The Labute approximate surface area is 176 Å². The van der Waals surface area contributed by atoms with E-state index in [4.69, 9.17) is 4.74 Å². The van der Waals surface area contributed by atoms with Gasteiger partial charge < -0.3 is 15.0 Å². The zero-order chi connectivity index (χ0) is 21.5. The zero-order valence-corrected chi connectivity index (χ0v) is 17.4. The Morgan fingerprint density at radius 2 is 1.70 bits per heavy atom. The summed E-state index contributed by atoms with van der Waals surface area (Å²) in [6.07, 6.45) is 3.59. The van der Waals surface area contributed by atoms with Gasteiger partial charge in [0.1, 0.15) is 0 Å². The Morgan fingerprint density at radius 3 is 2.30 bits per heavy atom. The van der Waals surface area contributed by atoms with Crippen LogP contribution in [-0.2, 0) is 9.53 Å². The summed E-state index contributed by atoms with van der Waals surface area (Å²) in [4.78, 5) is 51.8. The standard InChI is InChI=1S/C22H29N3O5/c1-2-3-15-30-22(29)24-13-10-16(11-14-24)23-19(26)9-6-12-25-20(27)17-7-4-5-8-18(17)21(25)28/h4-5,7-8,16H,2-3,6,9-15H2,1H3,(H,23,26). The number of likely N-dealkylation sites (tertiary alicyclic amines) is 1. The Bertz CT molecular complexity index is 767. The highest BCUT2D eigenvalue weighted by Crippen LogP contribution is 2.22. The van der Waals surface area contributed by atoms with Gasteiger partial charge in [-0.25, -0.2) is 4.79 Å². The molecule has 0 aliphatic carbocycles. The average Bonchev–Trinajstić information content (AvgIpc) is 2.99. The number of hydrogen-bond acceptors (Lipinski definition) is 5. The third-order valence-corrected chi connectivity index (χ3v) is 5.51.